The van der Waals surface area contributed by atoms with Crippen molar-refractivity contribution in [1.29, 1.82) is 0 Å². The molecule has 0 amide bonds. The lowest BCUT2D eigenvalue weighted by molar-refractivity contribution is 0.193. The van der Waals surface area contributed by atoms with E-state index in [9.17, 15) is 8.78 Å². The summed E-state index contributed by atoms with van der Waals surface area (Å²) < 4.78 is 25.3. The number of rotatable bonds is 2. The van der Waals surface area contributed by atoms with Crippen LogP contribution in [-0.4, -0.2) is 6.43 Å². The van der Waals surface area contributed by atoms with E-state index in [1.165, 1.54) is 37.7 Å². The fourth-order valence-electron chi connectivity index (χ4n) is 2.78. The van der Waals surface area contributed by atoms with E-state index in [1.54, 1.807) is 12.2 Å². The van der Waals surface area contributed by atoms with Crippen molar-refractivity contribution in [2.24, 2.45) is 5.92 Å². The van der Waals surface area contributed by atoms with Crippen LogP contribution in [0.25, 0.3) is 0 Å². The lowest BCUT2D eigenvalue weighted by Gasteiger charge is -2.24. The van der Waals surface area contributed by atoms with E-state index in [-0.39, 0.29) is 5.57 Å². The monoisotopic (exact) mass is 238 g/mol. The number of alkyl halides is 2. The Morgan fingerprint density at radius 2 is 1.82 bits per heavy atom. The maximum absolute atomic E-state index is 12.7. The number of hydrogen-bond acceptors (Lipinski definition) is 0. The molecule has 0 aromatic carbocycles. The number of halogens is 2. The van der Waals surface area contributed by atoms with Crippen molar-refractivity contribution in [3.63, 3.8) is 0 Å². The first kappa shape index (κ1) is 12.5. The Morgan fingerprint density at radius 1 is 1.06 bits per heavy atom. The molecule has 17 heavy (non-hydrogen) atoms. The van der Waals surface area contributed by atoms with E-state index >= 15 is 0 Å². The third-order valence-corrected chi connectivity index (χ3v) is 3.78. The van der Waals surface area contributed by atoms with Gasteiger partial charge in [0.05, 0.1) is 0 Å². The second kappa shape index (κ2) is 6.13. The van der Waals surface area contributed by atoms with E-state index < -0.39 is 6.43 Å². The second-order valence-corrected chi connectivity index (χ2v) is 4.96. The molecule has 0 atom stereocenters. The van der Waals surface area contributed by atoms with Gasteiger partial charge in [-0.2, -0.15) is 0 Å². The van der Waals surface area contributed by atoms with Gasteiger partial charge < -0.3 is 0 Å². The van der Waals surface area contributed by atoms with Crippen LogP contribution in [-0.2, 0) is 0 Å². The van der Waals surface area contributed by atoms with Gasteiger partial charge in [0.1, 0.15) is 0 Å². The zero-order valence-corrected chi connectivity index (χ0v) is 10.2. The van der Waals surface area contributed by atoms with Crippen LogP contribution in [0.5, 0.6) is 0 Å². The van der Waals surface area contributed by atoms with Crippen LogP contribution >= 0.6 is 0 Å². The molecule has 0 saturated heterocycles. The van der Waals surface area contributed by atoms with Crippen molar-refractivity contribution in [3.05, 3.63) is 35.5 Å². The summed E-state index contributed by atoms with van der Waals surface area (Å²) in [5, 5.41) is 0. The quantitative estimate of drug-likeness (QED) is 0.591. The zero-order chi connectivity index (χ0) is 12.1. The summed E-state index contributed by atoms with van der Waals surface area (Å²) in [5.41, 5.74) is 1.57. The van der Waals surface area contributed by atoms with Gasteiger partial charge in [0.2, 0.25) is 0 Å². The van der Waals surface area contributed by atoms with Gasteiger partial charge in [-0.15, -0.1) is 0 Å². The van der Waals surface area contributed by atoms with E-state index in [0.717, 1.165) is 6.42 Å². The summed E-state index contributed by atoms with van der Waals surface area (Å²) >= 11 is 0. The van der Waals surface area contributed by atoms with Crippen molar-refractivity contribution >= 4 is 0 Å². The summed E-state index contributed by atoms with van der Waals surface area (Å²) in [5.74, 6) is 0.644. The van der Waals surface area contributed by atoms with Gasteiger partial charge in [0.25, 0.3) is 6.43 Å². The molecule has 0 heterocycles. The Labute approximate surface area is 102 Å². The SMILES string of the molecule is FC(F)C1=CCC(C2CCCCC2)=CCC=C1. The van der Waals surface area contributed by atoms with Crippen molar-refractivity contribution in [1.82, 2.24) is 0 Å². The minimum absolute atomic E-state index is 0.186. The summed E-state index contributed by atoms with van der Waals surface area (Å²) in [4.78, 5) is 0. The van der Waals surface area contributed by atoms with Crippen molar-refractivity contribution < 1.29 is 8.78 Å². The van der Waals surface area contributed by atoms with Crippen molar-refractivity contribution in [2.75, 3.05) is 0 Å². The van der Waals surface area contributed by atoms with Crippen LogP contribution in [0.2, 0.25) is 0 Å². The van der Waals surface area contributed by atoms with Crippen LogP contribution in [0.4, 0.5) is 8.78 Å². The molecular formula is C15H20F2. The molecule has 0 nitrogen and oxygen atoms in total. The molecule has 94 valence electrons. The van der Waals surface area contributed by atoms with Gasteiger partial charge in [-0.25, -0.2) is 8.78 Å². The highest BCUT2D eigenvalue weighted by Gasteiger charge is 2.18. The Kier molecular flexibility index (Phi) is 4.52. The Morgan fingerprint density at radius 3 is 2.53 bits per heavy atom. The molecule has 2 heteroatoms. The smallest absolute Gasteiger partial charge is 0.205 e. The average molecular weight is 238 g/mol. The molecule has 0 bridgehead atoms. The van der Waals surface area contributed by atoms with E-state index in [4.69, 9.17) is 0 Å². The molecule has 0 spiro atoms. The van der Waals surface area contributed by atoms with Gasteiger partial charge >= 0.3 is 0 Å². The van der Waals surface area contributed by atoms with Gasteiger partial charge in [-0.1, -0.05) is 49.1 Å². The fourth-order valence-corrected chi connectivity index (χ4v) is 2.78. The Balaban J connectivity index is 2.06. The number of hydrogen-bond donors (Lipinski definition) is 0. The predicted octanol–water partition coefficient (Wildman–Crippen LogP) is 5.03. The molecule has 1 saturated carbocycles. The Hall–Kier alpha value is -0.920. The van der Waals surface area contributed by atoms with Crippen LogP contribution in [0.1, 0.15) is 44.9 Å². The van der Waals surface area contributed by atoms with Crippen molar-refractivity contribution in [2.45, 2.75) is 51.4 Å². The summed E-state index contributed by atoms with van der Waals surface area (Å²) in [7, 11) is 0. The standard InChI is InChI=1S/C15H20F2/c16-15(17)14-9-5-4-8-13(10-11-14)12-6-2-1-3-7-12/h5,8-9,11-12,15H,1-4,6-7,10H2. The Bertz CT molecular complexity index is 331. The maximum atomic E-state index is 12.7. The molecule has 0 aliphatic heterocycles. The lowest BCUT2D eigenvalue weighted by Crippen LogP contribution is -2.09. The van der Waals surface area contributed by atoms with Gasteiger partial charge in [-0.05, 0) is 31.6 Å². The van der Waals surface area contributed by atoms with Gasteiger partial charge in [0, 0.05) is 5.57 Å². The van der Waals surface area contributed by atoms with Crippen LogP contribution in [0, 0.1) is 5.92 Å². The summed E-state index contributed by atoms with van der Waals surface area (Å²) in [6.07, 6.45) is 13.0. The topological polar surface area (TPSA) is 0 Å². The van der Waals surface area contributed by atoms with E-state index in [1.807, 2.05) is 6.08 Å². The first-order chi connectivity index (χ1) is 8.27. The largest absolute Gasteiger partial charge is 0.263 e. The fraction of sp³-hybridized carbons (Fsp3) is 0.600. The highest BCUT2D eigenvalue weighted by atomic mass is 19.3. The van der Waals surface area contributed by atoms with E-state index in [0.29, 0.717) is 12.3 Å². The molecule has 2 aliphatic carbocycles. The van der Waals surface area contributed by atoms with Crippen LogP contribution < -0.4 is 0 Å². The molecule has 0 radical (unpaired) electrons. The minimum Gasteiger partial charge on any atom is -0.205 e. The molecule has 0 unspecified atom stereocenters. The minimum atomic E-state index is -2.34. The van der Waals surface area contributed by atoms with Gasteiger partial charge in [-0.3, -0.25) is 0 Å². The molecular weight excluding hydrogens is 218 g/mol. The maximum Gasteiger partial charge on any atom is 0.263 e. The summed E-state index contributed by atoms with van der Waals surface area (Å²) in [6.45, 7) is 0. The third-order valence-electron chi connectivity index (χ3n) is 3.78. The molecule has 2 aliphatic rings. The predicted molar refractivity (Wildman–Crippen MR) is 67.1 cm³/mol. The lowest BCUT2D eigenvalue weighted by atomic mass is 9.81. The van der Waals surface area contributed by atoms with Crippen LogP contribution in [0.3, 0.4) is 0 Å². The molecule has 0 aromatic rings. The third kappa shape index (κ3) is 3.52. The highest BCUT2D eigenvalue weighted by Crippen LogP contribution is 2.33. The molecule has 1 fully saturated rings. The molecule has 2 rings (SSSR count). The van der Waals surface area contributed by atoms with Crippen LogP contribution in [0.15, 0.2) is 35.5 Å². The first-order valence-corrected chi connectivity index (χ1v) is 6.61. The van der Waals surface area contributed by atoms with Crippen molar-refractivity contribution in [3.8, 4) is 0 Å². The summed E-state index contributed by atoms with van der Waals surface area (Å²) in [6, 6.07) is 0. The number of allylic oxidation sites excluding steroid dienone is 6. The second-order valence-electron chi connectivity index (χ2n) is 4.96. The molecule has 0 aromatic heterocycles. The normalized spacial score (nSPS) is 23.0. The van der Waals surface area contributed by atoms with Gasteiger partial charge in [0.15, 0.2) is 0 Å². The highest BCUT2D eigenvalue weighted by molar-refractivity contribution is 5.27. The first-order valence-electron chi connectivity index (χ1n) is 6.61. The van der Waals surface area contributed by atoms with E-state index in [2.05, 4.69) is 6.08 Å². The molecule has 0 N–H and O–H groups in total. The zero-order valence-electron chi connectivity index (χ0n) is 10.2. The average Bonchev–Trinajstić information content (AvgIpc) is 2.29.